The van der Waals surface area contributed by atoms with E-state index >= 15 is 0 Å². The van der Waals surface area contributed by atoms with Gasteiger partial charge >= 0.3 is 5.97 Å². The first-order valence-electron chi connectivity index (χ1n) is 5.27. The molecule has 0 aliphatic rings. The molecule has 0 amide bonds. The number of ether oxygens (including phenoxy) is 1. The average Bonchev–Trinajstić information content (AvgIpc) is 2.28. The molecule has 0 aromatic heterocycles. The van der Waals surface area contributed by atoms with E-state index in [1.165, 1.54) is 13.2 Å². The van der Waals surface area contributed by atoms with Crippen LogP contribution in [0, 0.1) is 12.7 Å². The molecule has 1 rings (SSSR count). The number of nitrogens with two attached hydrogens (primary N) is 1. The van der Waals surface area contributed by atoms with Crippen LogP contribution in [0.25, 0.3) is 0 Å². The van der Waals surface area contributed by atoms with Crippen LogP contribution in [0.2, 0.25) is 0 Å². The van der Waals surface area contributed by atoms with Crippen molar-refractivity contribution in [2.75, 3.05) is 7.11 Å². The number of carbonyl (C=O) groups is 1. The van der Waals surface area contributed by atoms with Gasteiger partial charge in [0, 0.05) is 18.0 Å². The molecule has 0 heterocycles. The molecule has 0 radical (unpaired) electrons. The quantitative estimate of drug-likeness (QED) is 0.827. The number of carboxylic acid groups (broad SMARTS) is 1. The summed E-state index contributed by atoms with van der Waals surface area (Å²) >= 11 is 0. The minimum atomic E-state index is -0.924. The lowest BCUT2D eigenvalue weighted by molar-refractivity contribution is -0.137. The van der Waals surface area contributed by atoms with Gasteiger partial charge in [-0.2, -0.15) is 0 Å². The molecule has 0 aliphatic carbocycles. The van der Waals surface area contributed by atoms with Crippen molar-refractivity contribution in [3.05, 3.63) is 29.1 Å². The summed E-state index contributed by atoms with van der Waals surface area (Å²) in [6, 6.07) is 2.32. The van der Waals surface area contributed by atoms with Crippen LogP contribution < -0.4 is 10.5 Å². The SMILES string of the molecule is COc1cc(C)c(F)cc1C(N)CCC(=O)O. The molecule has 0 fully saturated rings. The van der Waals surface area contributed by atoms with Gasteiger partial charge in [-0.3, -0.25) is 4.79 Å². The molecule has 0 bridgehead atoms. The summed E-state index contributed by atoms with van der Waals surface area (Å²) in [5, 5.41) is 8.57. The molecular formula is C12H16FNO3. The number of benzene rings is 1. The molecule has 5 heteroatoms. The summed E-state index contributed by atoms with van der Waals surface area (Å²) in [6.45, 7) is 1.63. The number of aliphatic carboxylic acids is 1. The Morgan fingerprint density at radius 3 is 2.76 bits per heavy atom. The highest BCUT2D eigenvalue weighted by Gasteiger charge is 2.15. The molecule has 0 saturated carbocycles. The maximum absolute atomic E-state index is 13.4. The molecule has 0 saturated heterocycles. The Morgan fingerprint density at radius 2 is 2.24 bits per heavy atom. The van der Waals surface area contributed by atoms with E-state index in [9.17, 15) is 9.18 Å². The fraction of sp³-hybridized carbons (Fsp3) is 0.417. The van der Waals surface area contributed by atoms with Gasteiger partial charge in [-0.15, -0.1) is 0 Å². The first kappa shape index (κ1) is 13.4. The molecule has 17 heavy (non-hydrogen) atoms. The first-order chi connectivity index (χ1) is 7.95. The standard InChI is InChI=1S/C12H16FNO3/c1-7-5-11(17-2)8(6-9(7)13)10(14)3-4-12(15)16/h5-6,10H,3-4,14H2,1-2H3,(H,15,16). The van der Waals surface area contributed by atoms with E-state index in [1.807, 2.05) is 0 Å². The van der Waals surface area contributed by atoms with E-state index in [0.29, 0.717) is 16.9 Å². The summed E-state index contributed by atoms with van der Waals surface area (Å²) in [4.78, 5) is 10.4. The fourth-order valence-electron chi connectivity index (χ4n) is 1.57. The topological polar surface area (TPSA) is 72.5 Å². The first-order valence-corrected chi connectivity index (χ1v) is 5.27. The molecule has 94 valence electrons. The lowest BCUT2D eigenvalue weighted by Crippen LogP contribution is -2.14. The highest BCUT2D eigenvalue weighted by atomic mass is 19.1. The van der Waals surface area contributed by atoms with Crippen molar-refractivity contribution >= 4 is 5.97 Å². The molecule has 1 aromatic carbocycles. The van der Waals surface area contributed by atoms with Gasteiger partial charge in [-0.1, -0.05) is 0 Å². The Kier molecular flexibility index (Phi) is 4.45. The summed E-state index contributed by atoms with van der Waals surface area (Å²) in [5.41, 5.74) is 6.79. The van der Waals surface area contributed by atoms with E-state index in [-0.39, 0.29) is 18.7 Å². The monoisotopic (exact) mass is 241 g/mol. The van der Waals surface area contributed by atoms with Crippen molar-refractivity contribution in [1.82, 2.24) is 0 Å². The third-order valence-electron chi connectivity index (χ3n) is 2.58. The number of halogens is 1. The molecule has 0 spiro atoms. The van der Waals surface area contributed by atoms with Crippen molar-refractivity contribution in [3.8, 4) is 5.75 Å². The Hall–Kier alpha value is -1.62. The minimum Gasteiger partial charge on any atom is -0.496 e. The van der Waals surface area contributed by atoms with E-state index < -0.39 is 12.0 Å². The largest absolute Gasteiger partial charge is 0.496 e. The van der Waals surface area contributed by atoms with Gasteiger partial charge in [-0.25, -0.2) is 4.39 Å². The van der Waals surface area contributed by atoms with Crippen LogP contribution in [0.15, 0.2) is 12.1 Å². The third-order valence-corrected chi connectivity index (χ3v) is 2.58. The van der Waals surface area contributed by atoms with Crippen LogP contribution in [-0.2, 0) is 4.79 Å². The number of hydrogen-bond acceptors (Lipinski definition) is 3. The van der Waals surface area contributed by atoms with Crippen molar-refractivity contribution in [1.29, 1.82) is 0 Å². The van der Waals surface area contributed by atoms with Crippen molar-refractivity contribution in [2.24, 2.45) is 5.73 Å². The van der Waals surface area contributed by atoms with Crippen LogP contribution in [0.4, 0.5) is 4.39 Å². The Balaban J connectivity index is 2.95. The lowest BCUT2D eigenvalue weighted by Gasteiger charge is -2.16. The second kappa shape index (κ2) is 5.63. The van der Waals surface area contributed by atoms with E-state index in [2.05, 4.69) is 0 Å². The zero-order valence-corrected chi connectivity index (χ0v) is 9.87. The van der Waals surface area contributed by atoms with Gasteiger partial charge in [0.1, 0.15) is 11.6 Å². The summed E-state index contributed by atoms with van der Waals surface area (Å²) < 4.78 is 18.5. The number of carboxylic acids is 1. The van der Waals surface area contributed by atoms with Crippen LogP contribution in [-0.4, -0.2) is 18.2 Å². The zero-order valence-electron chi connectivity index (χ0n) is 9.87. The van der Waals surface area contributed by atoms with Crippen LogP contribution in [0.1, 0.15) is 30.0 Å². The average molecular weight is 241 g/mol. The van der Waals surface area contributed by atoms with Crippen LogP contribution in [0.5, 0.6) is 5.75 Å². The predicted molar refractivity (Wildman–Crippen MR) is 61.5 cm³/mol. The zero-order chi connectivity index (χ0) is 13.0. The van der Waals surface area contributed by atoms with Gasteiger partial charge in [0.15, 0.2) is 0 Å². The summed E-state index contributed by atoms with van der Waals surface area (Å²) in [7, 11) is 1.47. The number of hydrogen-bond donors (Lipinski definition) is 2. The van der Waals surface area contributed by atoms with Crippen molar-refractivity contribution < 1.29 is 19.0 Å². The highest BCUT2D eigenvalue weighted by molar-refractivity contribution is 5.66. The molecule has 0 aliphatic heterocycles. The summed E-state index contributed by atoms with van der Waals surface area (Å²) in [6.07, 6.45) is 0.189. The van der Waals surface area contributed by atoms with Crippen molar-refractivity contribution in [3.63, 3.8) is 0 Å². The van der Waals surface area contributed by atoms with Crippen LogP contribution in [0.3, 0.4) is 0 Å². The maximum atomic E-state index is 13.4. The third kappa shape index (κ3) is 3.42. The molecule has 1 aromatic rings. The number of aryl methyl sites for hydroxylation is 1. The Labute approximate surface area is 99.2 Å². The van der Waals surface area contributed by atoms with Crippen LogP contribution >= 0.6 is 0 Å². The molecule has 1 atom stereocenters. The normalized spacial score (nSPS) is 12.2. The van der Waals surface area contributed by atoms with Gasteiger partial charge in [0.05, 0.1) is 7.11 Å². The second-order valence-electron chi connectivity index (χ2n) is 3.88. The molecule has 4 nitrogen and oxygen atoms in total. The van der Waals surface area contributed by atoms with Gasteiger partial charge in [-0.05, 0) is 31.0 Å². The number of rotatable bonds is 5. The smallest absolute Gasteiger partial charge is 0.303 e. The number of methoxy groups -OCH3 is 1. The Bertz CT molecular complexity index is 420. The Morgan fingerprint density at radius 1 is 1.59 bits per heavy atom. The van der Waals surface area contributed by atoms with E-state index in [4.69, 9.17) is 15.6 Å². The van der Waals surface area contributed by atoms with Crippen molar-refractivity contribution in [2.45, 2.75) is 25.8 Å². The van der Waals surface area contributed by atoms with E-state index in [0.717, 1.165) is 0 Å². The van der Waals surface area contributed by atoms with Gasteiger partial charge in [0.25, 0.3) is 0 Å². The fourth-order valence-corrected chi connectivity index (χ4v) is 1.57. The molecule has 1 unspecified atom stereocenters. The summed E-state index contributed by atoms with van der Waals surface area (Å²) in [5.74, 6) is -0.805. The lowest BCUT2D eigenvalue weighted by atomic mass is 10.00. The molecule has 3 N–H and O–H groups in total. The second-order valence-corrected chi connectivity index (χ2v) is 3.88. The van der Waals surface area contributed by atoms with E-state index in [1.54, 1.807) is 13.0 Å². The molecular weight excluding hydrogens is 225 g/mol. The highest BCUT2D eigenvalue weighted by Crippen LogP contribution is 2.29. The minimum absolute atomic E-state index is 0.0557. The van der Waals surface area contributed by atoms with Gasteiger partial charge < -0.3 is 15.6 Å². The maximum Gasteiger partial charge on any atom is 0.303 e. The predicted octanol–water partition coefficient (Wildman–Crippen LogP) is 2.01. The van der Waals surface area contributed by atoms with Gasteiger partial charge in [0.2, 0.25) is 0 Å².